The molecule has 0 saturated heterocycles. The fourth-order valence-corrected chi connectivity index (χ4v) is 4.80. The molecule has 3 N–H and O–H groups in total. The van der Waals surface area contributed by atoms with E-state index in [9.17, 15) is 14.4 Å². The number of ether oxygens (including phenoxy) is 1. The molecule has 0 aliphatic heterocycles. The Balaban J connectivity index is 1.44. The molecule has 0 fully saturated rings. The van der Waals surface area contributed by atoms with E-state index in [1.165, 1.54) is 17.8 Å². The van der Waals surface area contributed by atoms with E-state index in [-0.39, 0.29) is 11.6 Å². The normalized spacial score (nSPS) is 11.7. The minimum Gasteiger partial charge on any atom is -0.495 e. The zero-order valence-corrected chi connectivity index (χ0v) is 24.0. The van der Waals surface area contributed by atoms with E-state index < -0.39 is 17.1 Å². The number of benzene rings is 4. The highest BCUT2D eigenvalue weighted by molar-refractivity contribution is 8.00. The van der Waals surface area contributed by atoms with Gasteiger partial charge in [-0.3, -0.25) is 14.4 Å². The topological polar surface area (TPSA) is 96.5 Å². The monoisotopic (exact) mass is 585 g/mol. The second-order valence-corrected chi connectivity index (χ2v) is 10.6. The molecule has 4 rings (SSSR count). The predicted octanol–water partition coefficient (Wildman–Crippen LogP) is 6.88. The van der Waals surface area contributed by atoms with Crippen molar-refractivity contribution >= 4 is 58.5 Å². The molecule has 1 atom stereocenters. The molecule has 9 heteroatoms. The molecule has 208 valence electrons. The third kappa shape index (κ3) is 8.23. The molecule has 0 radical (unpaired) electrons. The first-order chi connectivity index (χ1) is 19.8. The van der Waals surface area contributed by atoms with Gasteiger partial charge in [0.2, 0.25) is 5.91 Å². The first-order valence-electron chi connectivity index (χ1n) is 12.7. The van der Waals surface area contributed by atoms with E-state index in [1.54, 1.807) is 86.0 Å². The molecule has 7 nitrogen and oxygen atoms in total. The number of hydrogen-bond donors (Lipinski definition) is 3. The average molecular weight is 586 g/mol. The average Bonchev–Trinajstić information content (AvgIpc) is 2.99. The summed E-state index contributed by atoms with van der Waals surface area (Å²) in [6.07, 6.45) is 1.53. The van der Waals surface area contributed by atoms with Crippen LogP contribution in [0.1, 0.15) is 22.8 Å². The summed E-state index contributed by atoms with van der Waals surface area (Å²) in [6.45, 7) is 1.81. The number of methoxy groups -OCH3 is 1. The van der Waals surface area contributed by atoms with E-state index in [2.05, 4.69) is 16.0 Å². The summed E-state index contributed by atoms with van der Waals surface area (Å²) in [4.78, 5) is 39.7. The van der Waals surface area contributed by atoms with Gasteiger partial charge in [-0.2, -0.15) is 0 Å². The zero-order chi connectivity index (χ0) is 29.2. The van der Waals surface area contributed by atoms with Crippen molar-refractivity contribution in [2.24, 2.45) is 0 Å². The highest BCUT2D eigenvalue weighted by Gasteiger charge is 2.18. The lowest BCUT2D eigenvalue weighted by atomic mass is 10.1. The van der Waals surface area contributed by atoms with Gasteiger partial charge in [-0.15, -0.1) is 11.8 Å². The smallest absolute Gasteiger partial charge is 0.272 e. The molecule has 0 aliphatic carbocycles. The lowest BCUT2D eigenvalue weighted by Crippen LogP contribution is -2.30. The number of hydrogen-bond acceptors (Lipinski definition) is 5. The molecule has 41 heavy (non-hydrogen) atoms. The summed E-state index contributed by atoms with van der Waals surface area (Å²) < 4.78 is 5.30. The van der Waals surface area contributed by atoms with Crippen LogP contribution in [0.3, 0.4) is 0 Å². The predicted molar refractivity (Wildman–Crippen MR) is 165 cm³/mol. The Morgan fingerprint density at radius 1 is 0.829 bits per heavy atom. The van der Waals surface area contributed by atoms with Gasteiger partial charge in [0.15, 0.2) is 0 Å². The number of amides is 3. The largest absolute Gasteiger partial charge is 0.495 e. The molecule has 0 aromatic heterocycles. The van der Waals surface area contributed by atoms with E-state index in [0.29, 0.717) is 33.3 Å². The maximum Gasteiger partial charge on any atom is 0.272 e. The molecular weight excluding hydrogens is 558 g/mol. The molecule has 0 aliphatic rings. The standard InChI is InChI=1S/C32H28ClN3O4S/c1-21(30(37)35-27-14-8-9-15-29(27)40-2)41-25-18-16-24(17-19-25)34-32(39)28(20-23-12-6-7-13-26(23)33)36-31(38)22-10-4-3-5-11-22/h3-21H,1-2H3,(H,34,39)(H,35,37)(H,36,38)/b28-20-. The molecule has 4 aromatic carbocycles. The van der Waals surface area contributed by atoms with Crippen LogP contribution in [0.15, 0.2) is 114 Å². The SMILES string of the molecule is COc1ccccc1NC(=O)C(C)Sc1ccc(NC(=O)/C(=C/c2ccccc2Cl)NC(=O)c2ccccc2)cc1. The van der Waals surface area contributed by atoms with Crippen LogP contribution in [0.2, 0.25) is 5.02 Å². The van der Waals surface area contributed by atoms with Crippen molar-refractivity contribution in [1.29, 1.82) is 0 Å². The Bertz CT molecular complexity index is 1560. The molecule has 1 unspecified atom stereocenters. The van der Waals surface area contributed by atoms with Gasteiger partial charge in [-0.1, -0.05) is 60.1 Å². The number of carbonyl (C=O) groups is 3. The van der Waals surface area contributed by atoms with Crippen molar-refractivity contribution in [3.63, 3.8) is 0 Å². The molecule has 0 heterocycles. The minimum atomic E-state index is -0.515. The third-order valence-electron chi connectivity index (χ3n) is 5.89. The lowest BCUT2D eigenvalue weighted by molar-refractivity contribution is -0.115. The van der Waals surface area contributed by atoms with E-state index in [4.69, 9.17) is 16.3 Å². The maximum atomic E-state index is 13.3. The van der Waals surface area contributed by atoms with Gasteiger partial charge in [0, 0.05) is 21.2 Å². The second-order valence-electron chi connectivity index (χ2n) is 8.83. The number of rotatable bonds is 10. The van der Waals surface area contributed by atoms with Crippen molar-refractivity contribution in [2.75, 3.05) is 17.7 Å². The molecular formula is C32H28ClN3O4S. The Labute approximate surface area is 248 Å². The Hall–Kier alpha value is -4.53. The Morgan fingerprint density at radius 2 is 1.49 bits per heavy atom. The minimum absolute atomic E-state index is 0.0343. The van der Waals surface area contributed by atoms with E-state index in [1.807, 2.05) is 31.2 Å². The van der Waals surface area contributed by atoms with Crippen LogP contribution in [0, 0.1) is 0 Å². The van der Waals surface area contributed by atoms with Crippen LogP contribution < -0.4 is 20.7 Å². The van der Waals surface area contributed by atoms with Crippen LogP contribution in [0.5, 0.6) is 5.75 Å². The van der Waals surface area contributed by atoms with Gasteiger partial charge >= 0.3 is 0 Å². The van der Waals surface area contributed by atoms with Crippen molar-refractivity contribution in [3.05, 3.63) is 125 Å². The number of carbonyl (C=O) groups excluding carboxylic acids is 3. The van der Waals surface area contributed by atoms with Crippen LogP contribution in [0.4, 0.5) is 11.4 Å². The highest BCUT2D eigenvalue weighted by Crippen LogP contribution is 2.28. The summed E-state index contributed by atoms with van der Waals surface area (Å²) in [5, 5.41) is 8.46. The number of halogens is 1. The van der Waals surface area contributed by atoms with Crippen LogP contribution in [-0.2, 0) is 9.59 Å². The van der Waals surface area contributed by atoms with Gasteiger partial charge in [0.25, 0.3) is 11.8 Å². The van der Waals surface area contributed by atoms with E-state index >= 15 is 0 Å². The van der Waals surface area contributed by atoms with Crippen LogP contribution in [-0.4, -0.2) is 30.1 Å². The summed E-state index contributed by atoms with van der Waals surface area (Å²) in [5.74, 6) is -0.521. The maximum absolute atomic E-state index is 13.3. The van der Waals surface area contributed by atoms with Crippen LogP contribution >= 0.6 is 23.4 Å². The highest BCUT2D eigenvalue weighted by atomic mass is 35.5. The number of thioether (sulfide) groups is 1. The number of anilines is 2. The number of para-hydroxylation sites is 2. The lowest BCUT2D eigenvalue weighted by Gasteiger charge is -2.15. The molecule has 3 amide bonds. The molecule has 0 saturated carbocycles. The van der Waals surface area contributed by atoms with Crippen molar-refractivity contribution in [3.8, 4) is 5.75 Å². The summed E-state index contributed by atoms with van der Waals surface area (Å²) in [5.41, 5.74) is 2.15. The molecule has 0 spiro atoms. The third-order valence-corrected chi connectivity index (χ3v) is 7.35. The Morgan fingerprint density at radius 3 is 2.20 bits per heavy atom. The quantitative estimate of drug-likeness (QED) is 0.139. The number of nitrogens with one attached hydrogen (secondary N) is 3. The fourth-order valence-electron chi connectivity index (χ4n) is 3.75. The van der Waals surface area contributed by atoms with Gasteiger partial charge < -0.3 is 20.7 Å². The van der Waals surface area contributed by atoms with E-state index in [0.717, 1.165) is 4.90 Å². The zero-order valence-electron chi connectivity index (χ0n) is 22.4. The van der Waals surface area contributed by atoms with Gasteiger partial charge in [-0.05, 0) is 73.2 Å². The summed E-state index contributed by atoms with van der Waals surface area (Å²) >= 11 is 7.68. The first kappa shape index (κ1) is 29.5. The van der Waals surface area contributed by atoms with Gasteiger partial charge in [0.1, 0.15) is 11.4 Å². The molecule has 0 bridgehead atoms. The molecule has 4 aromatic rings. The summed E-state index contributed by atoms with van der Waals surface area (Å²) in [6, 6.07) is 30.0. The first-order valence-corrected chi connectivity index (χ1v) is 13.9. The fraction of sp³-hybridized carbons (Fsp3) is 0.0938. The van der Waals surface area contributed by atoms with Crippen molar-refractivity contribution < 1.29 is 19.1 Å². The van der Waals surface area contributed by atoms with Crippen LogP contribution in [0.25, 0.3) is 6.08 Å². The summed E-state index contributed by atoms with van der Waals surface area (Å²) in [7, 11) is 1.55. The van der Waals surface area contributed by atoms with Crippen molar-refractivity contribution in [2.45, 2.75) is 17.1 Å². The van der Waals surface area contributed by atoms with Gasteiger partial charge in [0.05, 0.1) is 18.0 Å². The second kappa shape index (κ2) is 14.2. The van der Waals surface area contributed by atoms with Crippen molar-refractivity contribution in [1.82, 2.24) is 5.32 Å². The Kier molecular flexibility index (Phi) is 10.2. The van der Waals surface area contributed by atoms with Gasteiger partial charge in [-0.25, -0.2) is 0 Å².